The van der Waals surface area contributed by atoms with Crippen LogP contribution in [0.4, 0.5) is 0 Å². The largest absolute Gasteiger partial charge is 0.464 e. The van der Waals surface area contributed by atoms with E-state index in [2.05, 4.69) is 27.5 Å². The highest BCUT2D eigenvalue weighted by Gasteiger charge is 2.39. The predicted molar refractivity (Wildman–Crippen MR) is 147 cm³/mol. The number of rotatable bonds is 14. The lowest BCUT2D eigenvalue weighted by atomic mass is 9.95. The zero-order chi connectivity index (χ0) is 25.8. The topological polar surface area (TPSA) is 102 Å². The van der Waals surface area contributed by atoms with Gasteiger partial charge in [0.25, 0.3) is 6.54 Å². The first kappa shape index (κ1) is 28.5. The van der Waals surface area contributed by atoms with Crippen LogP contribution >= 0.6 is 23.5 Å². The molecule has 1 aliphatic heterocycles. The summed E-state index contributed by atoms with van der Waals surface area (Å²) in [5.74, 6) is 4.54. The van der Waals surface area contributed by atoms with Crippen LogP contribution in [0, 0.1) is 10.1 Å². The van der Waals surface area contributed by atoms with Gasteiger partial charge in [0.15, 0.2) is 11.6 Å². The van der Waals surface area contributed by atoms with Gasteiger partial charge in [0.2, 0.25) is 0 Å². The molecule has 198 valence electrons. The van der Waals surface area contributed by atoms with Gasteiger partial charge in [-0.25, -0.2) is 0 Å². The number of benzene rings is 1. The second-order valence-corrected chi connectivity index (χ2v) is 10.8. The van der Waals surface area contributed by atoms with Crippen molar-refractivity contribution >= 4 is 29.4 Å². The van der Waals surface area contributed by atoms with Gasteiger partial charge in [0.1, 0.15) is 11.5 Å². The number of nitrogens with zero attached hydrogens (tertiary/aromatic N) is 3. The molecule has 1 unspecified atom stereocenters. The number of furan rings is 1. The molecule has 1 aromatic carbocycles. The van der Waals surface area contributed by atoms with E-state index >= 15 is 0 Å². The van der Waals surface area contributed by atoms with Crippen molar-refractivity contribution in [3.8, 4) is 0 Å². The van der Waals surface area contributed by atoms with E-state index in [1.165, 1.54) is 0 Å². The SMILES string of the molecule is CSCCc1ccccc1C1(NC(C[N+](=O)[O-])=NCCSCc2ccc(CN(C)C)o2)COCCO1. The van der Waals surface area contributed by atoms with E-state index in [9.17, 15) is 10.1 Å². The fourth-order valence-electron chi connectivity index (χ4n) is 3.97. The van der Waals surface area contributed by atoms with Gasteiger partial charge in [-0.05, 0) is 50.2 Å². The van der Waals surface area contributed by atoms with Gasteiger partial charge < -0.3 is 24.1 Å². The summed E-state index contributed by atoms with van der Waals surface area (Å²) in [4.78, 5) is 17.7. The van der Waals surface area contributed by atoms with E-state index in [4.69, 9.17) is 13.9 Å². The van der Waals surface area contributed by atoms with Crippen LogP contribution in [0.25, 0.3) is 0 Å². The summed E-state index contributed by atoms with van der Waals surface area (Å²) in [6.45, 7) is 1.93. The Kier molecular flexibility index (Phi) is 11.6. The van der Waals surface area contributed by atoms with Crippen molar-refractivity contribution in [2.24, 2.45) is 4.99 Å². The van der Waals surface area contributed by atoms with Crippen LogP contribution in [0.2, 0.25) is 0 Å². The van der Waals surface area contributed by atoms with Crippen LogP contribution in [-0.4, -0.2) is 80.4 Å². The molecule has 11 heteroatoms. The first-order valence-corrected chi connectivity index (χ1v) is 14.5. The maximum absolute atomic E-state index is 11.4. The van der Waals surface area contributed by atoms with E-state index < -0.39 is 12.3 Å². The summed E-state index contributed by atoms with van der Waals surface area (Å²) in [6, 6.07) is 12.0. The zero-order valence-electron chi connectivity index (χ0n) is 21.2. The number of nitrogens with one attached hydrogen (secondary N) is 1. The molecule has 1 aromatic heterocycles. The molecule has 9 nitrogen and oxygen atoms in total. The van der Waals surface area contributed by atoms with Gasteiger partial charge in [-0.3, -0.25) is 15.1 Å². The summed E-state index contributed by atoms with van der Waals surface area (Å²) in [6.07, 6.45) is 2.94. The highest BCUT2D eigenvalue weighted by Crippen LogP contribution is 2.30. The minimum Gasteiger partial charge on any atom is -0.464 e. The van der Waals surface area contributed by atoms with Crippen molar-refractivity contribution in [3.05, 3.63) is 69.2 Å². The molecular weight excluding hydrogens is 500 g/mol. The molecule has 1 atom stereocenters. The molecule has 2 heterocycles. The fourth-order valence-corrected chi connectivity index (χ4v) is 5.12. The molecule has 0 radical (unpaired) electrons. The Morgan fingerprint density at radius 3 is 2.72 bits per heavy atom. The van der Waals surface area contributed by atoms with Gasteiger partial charge in [0.05, 0.1) is 38.7 Å². The number of aliphatic imine (C=N–C) groups is 1. The number of nitro groups is 1. The van der Waals surface area contributed by atoms with Crippen LogP contribution in [0.15, 0.2) is 45.8 Å². The van der Waals surface area contributed by atoms with Crippen LogP contribution < -0.4 is 5.32 Å². The van der Waals surface area contributed by atoms with E-state index in [-0.39, 0.29) is 17.4 Å². The zero-order valence-corrected chi connectivity index (χ0v) is 22.9. The molecule has 0 spiro atoms. The number of ether oxygens (including phenoxy) is 2. The Hall–Kier alpha value is -2.05. The maximum atomic E-state index is 11.4. The molecular formula is C25H36N4O5S2. The summed E-state index contributed by atoms with van der Waals surface area (Å²) in [7, 11) is 4.01. The van der Waals surface area contributed by atoms with Crippen LogP contribution in [0.1, 0.15) is 22.6 Å². The van der Waals surface area contributed by atoms with Crippen LogP contribution in [0.3, 0.4) is 0 Å². The minimum absolute atomic E-state index is 0.253. The van der Waals surface area contributed by atoms with E-state index in [0.29, 0.717) is 25.5 Å². The summed E-state index contributed by atoms with van der Waals surface area (Å²) in [5, 5.41) is 14.7. The van der Waals surface area contributed by atoms with E-state index in [1.54, 1.807) is 23.5 Å². The first-order valence-electron chi connectivity index (χ1n) is 11.9. The Morgan fingerprint density at radius 2 is 2.00 bits per heavy atom. The standard InChI is InChI=1S/C25H36N4O5S2/c1-28(2)16-21-8-9-22(34-21)18-36-15-11-26-24(17-29(30)31)27-25(19-32-12-13-33-25)23-7-5-4-6-20(23)10-14-35-3/h4-9H,10-19H2,1-3H3,(H,26,27). The van der Waals surface area contributed by atoms with Crippen molar-refractivity contribution in [2.45, 2.75) is 24.4 Å². The predicted octanol–water partition coefficient (Wildman–Crippen LogP) is 3.64. The lowest BCUT2D eigenvalue weighted by molar-refractivity contribution is -0.463. The molecule has 36 heavy (non-hydrogen) atoms. The van der Waals surface area contributed by atoms with Gasteiger partial charge in [-0.15, -0.1) is 0 Å². The van der Waals surface area contributed by atoms with Gasteiger partial charge >= 0.3 is 0 Å². The van der Waals surface area contributed by atoms with Gasteiger partial charge in [-0.2, -0.15) is 23.5 Å². The fraction of sp³-hybridized carbons (Fsp3) is 0.560. The van der Waals surface area contributed by atoms with Crippen molar-refractivity contribution in [3.63, 3.8) is 0 Å². The quantitative estimate of drug-likeness (QED) is 0.127. The number of hydrogen-bond donors (Lipinski definition) is 1. The highest BCUT2D eigenvalue weighted by molar-refractivity contribution is 7.98. The van der Waals surface area contributed by atoms with Gasteiger partial charge in [0, 0.05) is 16.2 Å². The molecule has 0 amide bonds. The molecule has 1 N–H and O–H groups in total. The smallest absolute Gasteiger partial charge is 0.260 e. The lowest BCUT2D eigenvalue weighted by Gasteiger charge is -2.39. The normalized spacial score (nSPS) is 18.5. The number of hydrogen-bond acceptors (Lipinski definition) is 9. The summed E-state index contributed by atoms with van der Waals surface area (Å²) < 4.78 is 17.9. The third-order valence-corrected chi connectivity index (χ3v) is 7.08. The van der Waals surface area contributed by atoms with Crippen molar-refractivity contribution in [1.29, 1.82) is 0 Å². The maximum Gasteiger partial charge on any atom is 0.260 e. The van der Waals surface area contributed by atoms with E-state index in [1.807, 2.05) is 44.4 Å². The second-order valence-electron chi connectivity index (χ2n) is 8.73. The Balaban J connectivity index is 1.67. The molecule has 1 saturated heterocycles. The summed E-state index contributed by atoms with van der Waals surface area (Å²) in [5.41, 5.74) is 1.06. The first-order chi connectivity index (χ1) is 17.4. The molecule has 1 aliphatic rings. The molecule has 0 saturated carbocycles. The Labute approximate surface area is 221 Å². The molecule has 2 aromatic rings. The molecule has 1 fully saturated rings. The summed E-state index contributed by atoms with van der Waals surface area (Å²) >= 11 is 3.46. The third-order valence-electron chi connectivity index (χ3n) is 5.51. The second kappa shape index (κ2) is 14.6. The lowest BCUT2D eigenvalue weighted by Crippen LogP contribution is -2.56. The minimum atomic E-state index is -1.01. The average molecular weight is 537 g/mol. The number of amidine groups is 1. The van der Waals surface area contributed by atoms with Gasteiger partial charge in [-0.1, -0.05) is 24.3 Å². The van der Waals surface area contributed by atoms with Crippen molar-refractivity contribution in [2.75, 3.05) is 64.8 Å². The third kappa shape index (κ3) is 8.81. The Morgan fingerprint density at radius 1 is 1.19 bits per heavy atom. The molecule has 3 rings (SSSR count). The molecule has 0 bridgehead atoms. The van der Waals surface area contributed by atoms with Crippen molar-refractivity contribution < 1.29 is 18.8 Å². The van der Waals surface area contributed by atoms with Crippen LogP contribution in [-0.2, 0) is 33.9 Å². The monoisotopic (exact) mass is 536 g/mol. The van der Waals surface area contributed by atoms with Crippen LogP contribution in [0.5, 0.6) is 0 Å². The average Bonchev–Trinajstić information content (AvgIpc) is 3.29. The highest BCUT2D eigenvalue weighted by atomic mass is 32.2. The Bertz CT molecular complexity index is 992. The number of thioether (sulfide) groups is 2. The molecule has 0 aliphatic carbocycles. The van der Waals surface area contributed by atoms with E-state index in [0.717, 1.165) is 47.1 Å². The van der Waals surface area contributed by atoms with Crippen molar-refractivity contribution in [1.82, 2.24) is 10.2 Å². The number of aryl methyl sites for hydroxylation is 1.